The topological polar surface area (TPSA) is 52.7 Å². The van der Waals surface area contributed by atoms with Crippen LogP contribution in [0.2, 0.25) is 0 Å². The van der Waals surface area contributed by atoms with Gasteiger partial charge in [-0.25, -0.2) is 0 Å². The summed E-state index contributed by atoms with van der Waals surface area (Å²) in [5.74, 6) is 0. The maximum Gasteiger partial charge on any atom is 0.282 e. The molecule has 2 aliphatic rings. The summed E-state index contributed by atoms with van der Waals surface area (Å²) in [5, 5.41) is 3.30. The summed E-state index contributed by atoms with van der Waals surface area (Å²) in [7, 11) is -1.54. The summed E-state index contributed by atoms with van der Waals surface area (Å²) in [6.07, 6.45) is 7.43. The maximum atomic E-state index is 12.9. The summed E-state index contributed by atoms with van der Waals surface area (Å²) in [6, 6.07) is 0.363. The molecule has 5 nitrogen and oxygen atoms in total. The molecule has 0 atom stereocenters. The first kappa shape index (κ1) is 16.2. The van der Waals surface area contributed by atoms with Crippen LogP contribution in [-0.2, 0) is 10.2 Å². The molecule has 0 aromatic heterocycles. The monoisotopic (exact) mass is 303 g/mol. The van der Waals surface area contributed by atoms with E-state index in [0.29, 0.717) is 6.54 Å². The van der Waals surface area contributed by atoms with Crippen LogP contribution in [0.25, 0.3) is 0 Å². The summed E-state index contributed by atoms with van der Waals surface area (Å²) in [4.78, 5) is 0. The molecule has 0 aromatic rings. The van der Waals surface area contributed by atoms with Crippen molar-refractivity contribution in [3.8, 4) is 0 Å². The minimum absolute atomic E-state index is 0.164. The minimum atomic E-state index is -3.31. The van der Waals surface area contributed by atoms with Gasteiger partial charge < -0.3 is 5.32 Å². The molecule has 2 fully saturated rings. The predicted octanol–water partition coefficient (Wildman–Crippen LogP) is 1.57. The fraction of sp³-hybridized carbons (Fsp3) is 1.00. The highest BCUT2D eigenvalue weighted by Gasteiger charge is 2.36. The van der Waals surface area contributed by atoms with Crippen molar-refractivity contribution in [2.45, 2.75) is 64.0 Å². The average molecular weight is 303 g/mol. The SMILES string of the molecule is CCN(C1CCNCC1)S(=O)(=O)N(C)C1CCCCC1. The fourth-order valence-corrected chi connectivity index (χ4v) is 5.34. The molecular weight excluding hydrogens is 274 g/mol. The summed E-state index contributed by atoms with van der Waals surface area (Å²) < 4.78 is 29.2. The second-order valence-corrected chi connectivity index (χ2v) is 7.94. The van der Waals surface area contributed by atoms with Gasteiger partial charge in [0.1, 0.15) is 0 Å². The standard InChI is InChI=1S/C14H29N3O2S/c1-3-17(14-9-11-15-12-10-14)20(18,19)16(2)13-7-5-4-6-8-13/h13-15H,3-12H2,1-2H3. The largest absolute Gasteiger partial charge is 0.317 e. The van der Waals surface area contributed by atoms with Gasteiger partial charge in [0, 0.05) is 25.7 Å². The first-order valence-corrected chi connectivity index (χ1v) is 9.42. The lowest BCUT2D eigenvalue weighted by Gasteiger charge is -2.38. The van der Waals surface area contributed by atoms with E-state index in [9.17, 15) is 8.42 Å². The zero-order chi connectivity index (χ0) is 14.6. The van der Waals surface area contributed by atoms with Gasteiger partial charge in [0.05, 0.1) is 0 Å². The zero-order valence-corrected chi connectivity index (χ0v) is 13.7. The van der Waals surface area contributed by atoms with E-state index in [0.717, 1.165) is 51.6 Å². The Bertz CT molecular complexity index is 387. The highest BCUT2D eigenvalue weighted by atomic mass is 32.2. The third-order valence-corrected chi connectivity index (χ3v) is 6.95. The quantitative estimate of drug-likeness (QED) is 0.839. The Morgan fingerprint density at radius 2 is 1.60 bits per heavy atom. The lowest BCUT2D eigenvalue weighted by atomic mass is 9.96. The van der Waals surface area contributed by atoms with Crippen LogP contribution in [0.5, 0.6) is 0 Å². The van der Waals surface area contributed by atoms with Gasteiger partial charge in [-0.15, -0.1) is 0 Å². The van der Waals surface area contributed by atoms with Crippen LogP contribution in [0.4, 0.5) is 0 Å². The summed E-state index contributed by atoms with van der Waals surface area (Å²) in [6.45, 7) is 4.37. The molecule has 1 N–H and O–H groups in total. The first-order chi connectivity index (χ1) is 9.57. The third-order valence-electron chi connectivity index (χ3n) is 4.78. The predicted molar refractivity (Wildman–Crippen MR) is 81.8 cm³/mol. The third kappa shape index (κ3) is 3.53. The van der Waals surface area contributed by atoms with Crippen LogP contribution in [0.1, 0.15) is 51.9 Å². The van der Waals surface area contributed by atoms with Gasteiger partial charge in [0.2, 0.25) is 0 Å². The van der Waals surface area contributed by atoms with E-state index < -0.39 is 10.2 Å². The van der Waals surface area contributed by atoms with Crippen molar-refractivity contribution >= 4 is 10.2 Å². The van der Waals surface area contributed by atoms with E-state index in [2.05, 4.69) is 5.32 Å². The molecular formula is C14H29N3O2S. The van der Waals surface area contributed by atoms with E-state index in [4.69, 9.17) is 0 Å². The number of nitrogens with zero attached hydrogens (tertiary/aromatic N) is 2. The molecule has 118 valence electrons. The fourth-order valence-electron chi connectivity index (χ4n) is 3.50. The Morgan fingerprint density at radius 3 is 2.15 bits per heavy atom. The molecule has 1 saturated heterocycles. The summed E-state index contributed by atoms with van der Waals surface area (Å²) >= 11 is 0. The molecule has 20 heavy (non-hydrogen) atoms. The van der Waals surface area contributed by atoms with Crippen molar-refractivity contribution in [3.05, 3.63) is 0 Å². The highest BCUT2D eigenvalue weighted by Crippen LogP contribution is 2.26. The molecule has 0 spiro atoms. The van der Waals surface area contributed by atoms with E-state index in [1.54, 1.807) is 15.7 Å². The van der Waals surface area contributed by atoms with Crippen LogP contribution < -0.4 is 5.32 Å². The van der Waals surface area contributed by atoms with Gasteiger partial charge in [0.15, 0.2) is 0 Å². The normalized spacial score (nSPS) is 23.6. The molecule has 1 aliphatic heterocycles. The van der Waals surface area contributed by atoms with Crippen LogP contribution in [0.3, 0.4) is 0 Å². The molecule has 1 heterocycles. The van der Waals surface area contributed by atoms with Gasteiger partial charge in [-0.3, -0.25) is 0 Å². The van der Waals surface area contributed by atoms with E-state index >= 15 is 0 Å². The van der Waals surface area contributed by atoms with Gasteiger partial charge in [0.25, 0.3) is 10.2 Å². The number of hydrogen-bond acceptors (Lipinski definition) is 3. The maximum absolute atomic E-state index is 12.9. The number of rotatable bonds is 5. The van der Waals surface area contributed by atoms with Gasteiger partial charge in [-0.1, -0.05) is 26.2 Å². The molecule has 1 saturated carbocycles. The first-order valence-electron chi connectivity index (χ1n) is 8.03. The Labute approximate surface area is 123 Å². The molecule has 0 unspecified atom stereocenters. The van der Waals surface area contributed by atoms with Crippen molar-refractivity contribution < 1.29 is 8.42 Å². The van der Waals surface area contributed by atoms with Crippen molar-refractivity contribution in [2.24, 2.45) is 0 Å². The average Bonchev–Trinajstić information content (AvgIpc) is 2.49. The Balaban J connectivity index is 2.08. The number of piperidine rings is 1. The van der Waals surface area contributed by atoms with Gasteiger partial charge >= 0.3 is 0 Å². The van der Waals surface area contributed by atoms with Crippen LogP contribution >= 0.6 is 0 Å². The lowest BCUT2D eigenvalue weighted by Crippen LogP contribution is -2.53. The molecule has 1 aliphatic carbocycles. The Kier molecular flexibility index (Phi) is 5.84. The lowest BCUT2D eigenvalue weighted by molar-refractivity contribution is 0.225. The van der Waals surface area contributed by atoms with E-state index in [1.165, 1.54) is 6.42 Å². The smallest absolute Gasteiger partial charge is 0.282 e. The molecule has 6 heteroatoms. The van der Waals surface area contributed by atoms with Crippen molar-refractivity contribution in [2.75, 3.05) is 26.7 Å². The van der Waals surface area contributed by atoms with E-state index in [1.807, 2.05) is 6.92 Å². The zero-order valence-electron chi connectivity index (χ0n) is 12.8. The van der Waals surface area contributed by atoms with Crippen molar-refractivity contribution in [3.63, 3.8) is 0 Å². The second kappa shape index (κ2) is 7.20. The van der Waals surface area contributed by atoms with Crippen LogP contribution in [0, 0.1) is 0 Å². The molecule has 2 rings (SSSR count). The van der Waals surface area contributed by atoms with Gasteiger partial charge in [-0.05, 0) is 38.8 Å². The van der Waals surface area contributed by atoms with Crippen molar-refractivity contribution in [1.29, 1.82) is 0 Å². The Morgan fingerprint density at radius 1 is 1.00 bits per heavy atom. The molecule has 0 radical (unpaired) electrons. The van der Waals surface area contributed by atoms with Crippen molar-refractivity contribution in [1.82, 2.24) is 13.9 Å². The molecule has 0 aromatic carbocycles. The second-order valence-electron chi connectivity index (χ2n) is 6.00. The molecule has 0 bridgehead atoms. The number of nitrogens with one attached hydrogen (secondary N) is 1. The highest BCUT2D eigenvalue weighted by molar-refractivity contribution is 7.86. The minimum Gasteiger partial charge on any atom is -0.317 e. The van der Waals surface area contributed by atoms with Crippen LogP contribution in [0.15, 0.2) is 0 Å². The molecule has 0 amide bonds. The van der Waals surface area contributed by atoms with Gasteiger partial charge in [-0.2, -0.15) is 17.0 Å². The number of hydrogen-bond donors (Lipinski definition) is 1. The van der Waals surface area contributed by atoms with Crippen LogP contribution in [-0.4, -0.2) is 55.8 Å². The van der Waals surface area contributed by atoms with E-state index in [-0.39, 0.29) is 12.1 Å². The Hall–Kier alpha value is -0.170. The summed E-state index contributed by atoms with van der Waals surface area (Å²) in [5.41, 5.74) is 0.